The summed E-state index contributed by atoms with van der Waals surface area (Å²) in [5.41, 5.74) is 1.29. The smallest absolute Gasteiger partial charge is 0.319 e. The van der Waals surface area contributed by atoms with Crippen LogP contribution in [-0.2, 0) is 10.3 Å². The van der Waals surface area contributed by atoms with Crippen LogP contribution < -0.4 is 10.6 Å². The molecule has 3 rings (SSSR count). The Hall–Kier alpha value is -1.84. The second kappa shape index (κ2) is 3.57. The molecule has 1 spiro atoms. The van der Waals surface area contributed by atoms with E-state index in [-0.39, 0.29) is 11.9 Å². The fourth-order valence-corrected chi connectivity index (χ4v) is 3.18. The minimum atomic E-state index is -0.845. The number of carbonyl (C=O) groups is 2. The molecule has 4 heteroatoms. The van der Waals surface area contributed by atoms with Crippen LogP contribution in [0.1, 0.15) is 37.3 Å². The largest absolute Gasteiger partial charge is 0.322 e. The third-order valence-corrected chi connectivity index (χ3v) is 4.09. The Balaban J connectivity index is 2.16. The van der Waals surface area contributed by atoms with E-state index < -0.39 is 5.54 Å². The first-order chi connectivity index (χ1) is 8.54. The summed E-state index contributed by atoms with van der Waals surface area (Å²) in [5.74, 6) is 0.532. The molecule has 1 aliphatic carbocycles. The average molecular weight is 244 g/mol. The lowest BCUT2D eigenvalue weighted by Gasteiger charge is -2.22. The van der Waals surface area contributed by atoms with Crippen LogP contribution in [0.4, 0.5) is 4.79 Å². The van der Waals surface area contributed by atoms with Crippen LogP contribution in [0.3, 0.4) is 0 Å². The highest BCUT2D eigenvalue weighted by molar-refractivity contribution is 6.08. The summed E-state index contributed by atoms with van der Waals surface area (Å²) >= 11 is 0. The molecule has 18 heavy (non-hydrogen) atoms. The molecule has 0 radical (unpaired) electrons. The molecule has 0 saturated carbocycles. The van der Waals surface area contributed by atoms with Crippen LogP contribution >= 0.6 is 0 Å². The second-order valence-corrected chi connectivity index (χ2v) is 5.46. The van der Waals surface area contributed by atoms with E-state index >= 15 is 0 Å². The summed E-state index contributed by atoms with van der Waals surface area (Å²) in [5, 5.41) is 5.18. The quantitative estimate of drug-likeness (QED) is 0.741. The van der Waals surface area contributed by atoms with E-state index in [2.05, 4.69) is 30.5 Å². The van der Waals surface area contributed by atoms with Gasteiger partial charge >= 0.3 is 6.03 Å². The molecule has 1 saturated heterocycles. The predicted molar refractivity (Wildman–Crippen MR) is 67.0 cm³/mol. The number of nitrogens with one attached hydrogen (secondary N) is 2. The highest BCUT2D eigenvalue weighted by Gasteiger charge is 2.54. The molecule has 1 aromatic rings. The molecule has 1 aliphatic heterocycles. The maximum Gasteiger partial charge on any atom is 0.322 e. The van der Waals surface area contributed by atoms with E-state index in [1.165, 1.54) is 5.56 Å². The van der Waals surface area contributed by atoms with E-state index in [9.17, 15) is 9.59 Å². The van der Waals surface area contributed by atoms with Gasteiger partial charge in [-0.3, -0.25) is 10.1 Å². The Morgan fingerprint density at radius 1 is 1.28 bits per heavy atom. The number of imide groups is 1. The first kappa shape index (κ1) is 11.3. The van der Waals surface area contributed by atoms with Crippen molar-refractivity contribution in [2.45, 2.75) is 31.7 Å². The fourth-order valence-electron chi connectivity index (χ4n) is 3.18. The van der Waals surface area contributed by atoms with Crippen molar-refractivity contribution in [1.82, 2.24) is 10.6 Å². The summed E-state index contributed by atoms with van der Waals surface area (Å²) in [7, 11) is 0. The van der Waals surface area contributed by atoms with Crippen LogP contribution in [0.15, 0.2) is 24.3 Å². The molecular weight excluding hydrogens is 228 g/mol. The number of hydrogen-bond donors (Lipinski definition) is 2. The zero-order valence-electron chi connectivity index (χ0n) is 10.5. The number of amides is 3. The first-order valence-corrected chi connectivity index (χ1v) is 6.27. The zero-order chi connectivity index (χ0) is 12.9. The summed E-state index contributed by atoms with van der Waals surface area (Å²) < 4.78 is 0. The first-order valence-electron chi connectivity index (χ1n) is 6.27. The van der Waals surface area contributed by atoms with Gasteiger partial charge in [0.05, 0.1) is 0 Å². The minimum Gasteiger partial charge on any atom is -0.319 e. The second-order valence-electron chi connectivity index (χ2n) is 5.46. The summed E-state index contributed by atoms with van der Waals surface area (Å²) in [6.07, 6.45) is 0.654. The van der Waals surface area contributed by atoms with Gasteiger partial charge in [0.2, 0.25) is 0 Å². The van der Waals surface area contributed by atoms with Crippen molar-refractivity contribution >= 4 is 11.9 Å². The van der Waals surface area contributed by atoms with E-state index in [1.807, 2.05) is 18.2 Å². The van der Waals surface area contributed by atoms with Crippen molar-refractivity contribution in [3.8, 4) is 0 Å². The van der Waals surface area contributed by atoms with Crippen molar-refractivity contribution < 1.29 is 9.59 Å². The average Bonchev–Trinajstić information content (AvgIpc) is 2.80. The molecule has 1 fully saturated rings. The van der Waals surface area contributed by atoms with Gasteiger partial charge in [-0.05, 0) is 29.4 Å². The maximum atomic E-state index is 12.1. The number of carbonyl (C=O) groups excluding carboxylic acids is 2. The SMILES string of the molecule is CC(C)C1CC2(NC(=O)NC2=O)c2ccccc21. The zero-order valence-corrected chi connectivity index (χ0v) is 10.5. The van der Waals surface area contributed by atoms with E-state index in [4.69, 9.17) is 0 Å². The third-order valence-electron chi connectivity index (χ3n) is 4.09. The monoisotopic (exact) mass is 244 g/mol. The van der Waals surface area contributed by atoms with Crippen LogP contribution in [0.5, 0.6) is 0 Å². The van der Waals surface area contributed by atoms with Gasteiger partial charge in [0, 0.05) is 0 Å². The lowest BCUT2D eigenvalue weighted by Crippen LogP contribution is -2.41. The van der Waals surface area contributed by atoms with Crippen molar-refractivity contribution in [2.24, 2.45) is 5.92 Å². The van der Waals surface area contributed by atoms with Crippen molar-refractivity contribution in [2.75, 3.05) is 0 Å². The Kier molecular flexibility index (Phi) is 2.24. The molecule has 2 N–H and O–H groups in total. The molecule has 2 atom stereocenters. The number of rotatable bonds is 1. The molecule has 2 aliphatic rings. The number of urea groups is 1. The number of benzene rings is 1. The minimum absolute atomic E-state index is 0.219. The maximum absolute atomic E-state index is 12.1. The topological polar surface area (TPSA) is 58.2 Å². The Morgan fingerprint density at radius 3 is 2.61 bits per heavy atom. The van der Waals surface area contributed by atoms with Gasteiger partial charge in [-0.2, -0.15) is 0 Å². The van der Waals surface area contributed by atoms with E-state index in [0.717, 1.165) is 5.56 Å². The van der Waals surface area contributed by atoms with Crippen molar-refractivity contribution in [1.29, 1.82) is 0 Å². The number of fused-ring (bicyclic) bond motifs is 2. The third kappa shape index (κ3) is 1.32. The summed E-state index contributed by atoms with van der Waals surface area (Å²) in [6, 6.07) is 7.53. The molecule has 0 bridgehead atoms. The van der Waals surface area contributed by atoms with Gasteiger partial charge in [0.15, 0.2) is 0 Å². The van der Waals surface area contributed by atoms with Gasteiger partial charge < -0.3 is 5.32 Å². The molecule has 4 nitrogen and oxygen atoms in total. The highest BCUT2D eigenvalue weighted by atomic mass is 16.2. The van der Waals surface area contributed by atoms with Crippen LogP contribution in [-0.4, -0.2) is 11.9 Å². The van der Waals surface area contributed by atoms with Gasteiger partial charge in [-0.1, -0.05) is 38.1 Å². The van der Waals surface area contributed by atoms with Crippen molar-refractivity contribution in [3.63, 3.8) is 0 Å². The van der Waals surface area contributed by atoms with Gasteiger partial charge in [0.1, 0.15) is 5.54 Å². The Labute approximate surface area is 106 Å². The van der Waals surface area contributed by atoms with Gasteiger partial charge in [0.25, 0.3) is 5.91 Å². The Morgan fingerprint density at radius 2 is 2.00 bits per heavy atom. The Bertz CT molecular complexity index is 538. The highest BCUT2D eigenvalue weighted by Crippen LogP contribution is 2.48. The van der Waals surface area contributed by atoms with Gasteiger partial charge in [-0.25, -0.2) is 4.79 Å². The van der Waals surface area contributed by atoms with Gasteiger partial charge in [-0.15, -0.1) is 0 Å². The van der Waals surface area contributed by atoms with Crippen LogP contribution in [0, 0.1) is 5.92 Å². The number of hydrogen-bond acceptors (Lipinski definition) is 2. The summed E-state index contributed by atoms with van der Waals surface area (Å²) in [6.45, 7) is 4.30. The fraction of sp³-hybridized carbons (Fsp3) is 0.429. The van der Waals surface area contributed by atoms with Crippen LogP contribution in [0.25, 0.3) is 0 Å². The van der Waals surface area contributed by atoms with E-state index in [1.54, 1.807) is 0 Å². The molecular formula is C14H16N2O2. The summed E-state index contributed by atoms with van der Waals surface area (Å²) in [4.78, 5) is 23.6. The van der Waals surface area contributed by atoms with E-state index in [0.29, 0.717) is 18.3 Å². The molecule has 3 amide bonds. The molecule has 0 aromatic heterocycles. The lowest BCUT2D eigenvalue weighted by atomic mass is 9.87. The van der Waals surface area contributed by atoms with Crippen LogP contribution in [0.2, 0.25) is 0 Å². The predicted octanol–water partition coefficient (Wildman–Crippen LogP) is 1.86. The van der Waals surface area contributed by atoms with Crippen molar-refractivity contribution in [3.05, 3.63) is 35.4 Å². The molecule has 1 aromatic carbocycles. The lowest BCUT2D eigenvalue weighted by molar-refractivity contribution is -0.124. The molecule has 1 heterocycles. The normalized spacial score (nSPS) is 29.6. The molecule has 2 unspecified atom stereocenters. The standard InChI is InChI=1S/C14H16N2O2/c1-8(2)10-7-14(12(17)15-13(18)16-14)11-6-4-3-5-9(10)11/h3-6,8,10H,7H2,1-2H3,(H2,15,16,17,18). The molecule has 94 valence electrons.